The van der Waals surface area contributed by atoms with Crippen LogP contribution in [-0.2, 0) is 20.9 Å². The number of hydrogen-bond donors (Lipinski definition) is 2. The maximum atomic E-state index is 12.7. The van der Waals surface area contributed by atoms with Gasteiger partial charge < -0.3 is 15.3 Å². The fraction of sp³-hybridized carbons (Fsp3) is 0.550. The van der Waals surface area contributed by atoms with E-state index in [0.717, 1.165) is 31.2 Å². The molecule has 26 heavy (non-hydrogen) atoms. The number of rotatable bonds is 8. The summed E-state index contributed by atoms with van der Waals surface area (Å²) in [6.45, 7) is 1.42. The van der Waals surface area contributed by atoms with Crippen LogP contribution in [0.15, 0.2) is 30.3 Å². The van der Waals surface area contributed by atoms with Crippen molar-refractivity contribution in [1.82, 2.24) is 10.2 Å². The highest BCUT2D eigenvalue weighted by Gasteiger charge is 2.25. The molecule has 2 rings (SSSR count). The van der Waals surface area contributed by atoms with Gasteiger partial charge in [-0.25, -0.2) is 0 Å². The molecule has 0 spiro atoms. The summed E-state index contributed by atoms with van der Waals surface area (Å²) in [5, 5.41) is 11.9. The first-order valence-corrected chi connectivity index (χ1v) is 9.29. The summed E-state index contributed by atoms with van der Waals surface area (Å²) in [7, 11) is 0. The molecule has 6 nitrogen and oxygen atoms in total. The van der Waals surface area contributed by atoms with E-state index in [1.807, 2.05) is 30.3 Å². The van der Waals surface area contributed by atoms with Crippen molar-refractivity contribution in [3.63, 3.8) is 0 Å². The zero-order valence-electron chi connectivity index (χ0n) is 15.3. The molecule has 0 aliphatic heterocycles. The van der Waals surface area contributed by atoms with Crippen LogP contribution in [-0.4, -0.2) is 40.4 Å². The second-order valence-electron chi connectivity index (χ2n) is 7.07. The van der Waals surface area contributed by atoms with Crippen LogP contribution in [0.3, 0.4) is 0 Å². The van der Waals surface area contributed by atoms with Gasteiger partial charge in [-0.3, -0.25) is 14.4 Å². The Hall–Kier alpha value is -2.37. The third kappa shape index (κ3) is 6.50. The van der Waals surface area contributed by atoms with Gasteiger partial charge in [0.25, 0.3) is 0 Å². The van der Waals surface area contributed by atoms with Crippen LogP contribution in [0.5, 0.6) is 0 Å². The number of nitrogens with zero attached hydrogens (tertiary/aromatic N) is 1. The average molecular weight is 360 g/mol. The van der Waals surface area contributed by atoms with Crippen molar-refractivity contribution < 1.29 is 19.5 Å². The topological polar surface area (TPSA) is 86.7 Å². The van der Waals surface area contributed by atoms with E-state index in [4.69, 9.17) is 5.11 Å². The second-order valence-corrected chi connectivity index (χ2v) is 7.07. The Kier molecular flexibility index (Phi) is 7.63. The lowest BCUT2D eigenvalue weighted by molar-refractivity contribution is -0.146. The standard InChI is InChI=1S/C20H28N2O4/c1-15(21-18(23)12-16-8-4-2-5-9-16)20(26)22(14-19(24)25)13-17-10-6-3-7-11-17/h3,6-7,10-11,15-16H,2,4-5,8-9,12-14H2,1H3,(H,21,23)(H,24,25). The Balaban J connectivity index is 1.92. The molecule has 0 saturated heterocycles. The van der Waals surface area contributed by atoms with E-state index in [2.05, 4.69) is 5.32 Å². The van der Waals surface area contributed by atoms with Crippen molar-refractivity contribution in [2.24, 2.45) is 5.92 Å². The van der Waals surface area contributed by atoms with Crippen LogP contribution in [0, 0.1) is 5.92 Å². The van der Waals surface area contributed by atoms with Gasteiger partial charge in [-0.1, -0.05) is 49.6 Å². The van der Waals surface area contributed by atoms with Crippen molar-refractivity contribution in [3.05, 3.63) is 35.9 Å². The van der Waals surface area contributed by atoms with E-state index in [1.165, 1.54) is 11.3 Å². The van der Waals surface area contributed by atoms with E-state index in [1.54, 1.807) is 6.92 Å². The van der Waals surface area contributed by atoms with Crippen molar-refractivity contribution in [2.45, 2.75) is 58.0 Å². The SMILES string of the molecule is CC(NC(=O)CC1CCCCC1)C(=O)N(CC(=O)O)Cc1ccccc1. The molecule has 0 radical (unpaired) electrons. The second kappa shape index (κ2) is 9.94. The van der Waals surface area contributed by atoms with E-state index in [9.17, 15) is 14.4 Å². The molecule has 1 unspecified atom stereocenters. The summed E-state index contributed by atoms with van der Waals surface area (Å²) in [6.07, 6.45) is 6.13. The van der Waals surface area contributed by atoms with Crippen LogP contribution < -0.4 is 5.32 Å². The summed E-state index contributed by atoms with van der Waals surface area (Å²) in [4.78, 5) is 37.3. The highest BCUT2D eigenvalue weighted by molar-refractivity contribution is 5.89. The molecule has 1 fully saturated rings. The molecular formula is C20H28N2O4. The minimum Gasteiger partial charge on any atom is -0.480 e. The Morgan fingerprint density at radius 1 is 1.15 bits per heavy atom. The van der Waals surface area contributed by atoms with E-state index in [-0.39, 0.29) is 18.4 Å². The summed E-state index contributed by atoms with van der Waals surface area (Å²) in [6, 6.07) is 8.49. The lowest BCUT2D eigenvalue weighted by Gasteiger charge is -2.26. The molecule has 6 heteroatoms. The molecule has 1 aromatic rings. The van der Waals surface area contributed by atoms with Crippen molar-refractivity contribution in [2.75, 3.05) is 6.54 Å². The molecule has 0 bridgehead atoms. The fourth-order valence-corrected chi connectivity index (χ4v) is 3.47. The van der Waals surface area contributed by atoms with Gasteiger partial charge in [-0.2, -0.15) is 0 Å². The van der Waals surface area contributed by atoms with Crippen LogP contribution in [0.1, 0.15) is 51.0 Å². The lowest BCUT2D eigenvalue weighted by Crippen LogP contribution is -2.48. The molecule has 1 aromatic carbocycles. The first-order valence-electron chi connectivity index (χ1n) is 9.29. The first kappa shape index (κ1) is 19.9. The molecular weight excluding hydrogens is 332 g/mol. The molecule has 1 atom stereocenters. The van der Waals surface area contributed by atoms with Gasteiger partial charge in [0.2, 0.25) is 11.8 Å². The van der Waals surface area contributed by atoms with Crippen LogP contribution in [0.2, 0.25) is 0 Å². The summed E-state index contributed by atoms with van der Waals surface area (Å²) >= 11 is 0. The third-order valence-corrected chi connectivity index (χ3v) is 4.80. The van der Waals surface area contributed by atoms with Crippen molar-refractivity contribution >= 4 is 17.8 Å². The van der Waals surface area contributed by atoms with Crippen molar-refractivity contribution in [1.29, 1.82) is 0 Å². The monoisotopic (exact) mass is 360 g/mol. The predicted octanol–water partition coefficient (Wildman–Crippen LogP) is 2.57. The first-order chi connectivity index (χ1) is 12.5. The number of carboxylic acids is 1. The summed E-state index contributed by atoms with van der Waals surface area (Å²) < 4.78 is 0. The molecule has 2 N–H and O–H groups in total. The molecule has 142 valence electrons. The smallest absolute Gasteiger partial charge is 0.323 e. The number of carboxylic acid groups (broad SMARTS) is 1. The molecule has 1 saturated carbocycles. The molecule has 0 aromatic heterocycles. The normalized spacial score (nSPS) is 15.9. The lowest BCUT2D eigenvalue weighted by atomic mass is 9.87. The van der Waals surface area contributed by atoms with Gasteiger partial charge in [0.05, 0.1) is 0 Å². The minimum absolute atomic E-state index is 0.132. The minimum atomic E-state index is -1.07. The molecule has 0 heterocycles. The van der Waals surface area contributed by atoms with Gasteiger partial charge in [0.1, 0.15) is 12.6 Å². The third-order valence-electron chi connectivity index (χ3n) is 4.80. The predicted molar refractivity (Wildman–Crippen MR) is 98.3 cm³/mol. The van der Waals surface area contributed by atoms with Gasteiger partial charge in [-0.05, 0) is 31.2 Å². The number of carbonyl (C=O) groups excluding carboxylic acids is 2. The Morgan fingerprint density at radius 3 is 2.42 bits per heavy atom. The van der Waals surface area contributed by atoms with Crippen molar-refractivity contribution in [3.8, 4) is 0 Å². The summed E-state index contributed by atoms with van der Waals surface area (Å²) in [5.41, 5.74) is 0.850. The largest absolute Gasteiger partial charge is 0.480 e. The number of carbonyl (C=O) groups is 3. The molecule has 1 aliphatic rings. The maximum absolute atomic E-state index is 12.7. The molecule has 1 aliphatic carbocycles. The average Bonchev–Trinajstić information content (AvgIpc) is 2.61. The van der Waals surface area contributed by atoms with Gasteiger partial charge in [-0.15, -0.1) is 0 Å². The number of aliphatic carboxylic acids is 1. The highest BCUT2D eigenvalue weighted by Crippen LogP contribution is 2.26. The van der Waals surface area contributed by atoms with E-state index >= 15 is 0 Å². The number of benzene rings is 1. The van der Waals surface area contributed by atoms with E-state index in [0.29, 0.717) is 12.3 Å². The maximum Gasteiger partial charge on any atom is 0.323 e. The van der Waals surface area contributed by atoms with Crippen LogP contribution in [0.25, 0.3) is 0 Å². The van der Waals surface area contributed by atoms with Gasteiger partial charge in [0, 0.05) is 13.0 Å². The van der Waals surface area contributed by atoms with Crippen LogP contribution in [0.4, 0.5) is 0 Å². The Bertz CT molecular complexity index is 611. The number of amides is 2. The number of hydrogen-bond acceptors (Lipinski definition) is 3. The quantitative estimate of drug-likeness (QED) is 0.746. The van der Waals surface area contributed by atoms with Gasteiger partial charge >= 0.3 is 5.97 Å². The zero-order chi connectivity index (χ0) is 18.9. The molecule has 2 amide bonds. The number of nitrogens with one attached hydrogen (secondary N) is 1. The zero-order valence-corrected chi connectivity index (χ0v) is 15.3. The highest BCUT2D eigenvalue weighted by atomic mass is 16.4. The Morgan fingerprint density at radius 2 is 1.81 bits per heavy atom. The van der Waals surface area contributed by atoms with Gasteiger partial charge in [0.15, 0.2) is 0 Å². The fourth-order valence-electron chi connectivity index (χ4n) is 3.47. The van der Waals surface area contributed by atoms with E-state index < -0.39 is 18.6 Å². The van der Waals surface area contributed by atoms with Crippen LogP contribution >= 0.6 is 0 Å². The Labute approximate surface area is 154 Å². The summed E-state index contributed by atoms with van der Waals surface area (Å²) in [5.74, 6) is -1.19.